The van der Waals surface area contributed by atoms with Crippen molar-refractivity contribution in [2.75, 3.05) is 0 Å². The molecule has 0 spiro atoms. The topological polar surface area (TPSA) is 41.6 Å². The van der Waals surface area contributed by atoms with Gasteiger partial charge in [0, 0.05) is 0 Å². The van der Waals surface area contributed by atoms with Gasteiger partial charge >= 0.3 is 0 Å². The Morgan fingerprint density at radius 1 is 1.32 bits per heavy atom. The molecule has 98 valence electrons. The van der Waals surface area contributed by atoms with E-state index in [1.807, 2.05) is 30.3 Å². The zero-order valence-electron chi connectivity index (χ0n) is 11.1. The van der Waals surface area contributed by atoms with Crippen molar-refractivity contribution in [2.24, 2.45) is 5.92 Å². The van der Waals surface area contributed by atoms with Crippen LogP contribution in [0.3, 0.4) is 0 Å². The van der Waals surface area contributed by atoms with Crippen LogP contribution in [-0.4, -0.2) is 9.78 Å². The molecule has 0 amide bonds. The van der Waals surface area contributed by atoms with Crippen LogP contribution in [0.5, 0.6) is 0 Å². The molecule has 0 aliphatic rings. The highest BCUT2D eigenvalue weighted by atomic mass is 35.5. The first-order chi connectivity index (χ1) is 9.11. The van der Waals surface area contributed by atoms with Crippen molar-refractivity contribution in [3.63, 3.8) is 0 Å². The standard InChI is InChI=1S/C15H16ClN3/c1-11(2)8-14-13(9-17)15(16)19(18-14)10-12-6-4-3-5-7-12/h3-7,11H,8,10H2,1-2H3. The number of rotatable bonds is 4. The summed E-state index contributed by atoms with van der Waals surface area (Å²) in [6.07, 6.45) is 0.768. The Hall–Kier alpha value is -1.79. The minimum Gasteiger partial charge on any atom is -0.248 e. The first-order valence-electron chi connectivity index (χ1n) is 6.31. The maximum absolute atomic E-state index is 9.20. The van der Waals surface area contributed by atoms with Crippen LogP contribution in [0.1, 0.15) is 30.7 Å². The summed E-state index contributed by atoms with van der Waals surface area (Å²) in [6.45, 7) is 4.79. The summed E-state index contributed by atoms with van der Waals surface area (Å²) in [5, 5.41) is 14.1. The Morgan fingerprint density at radius 2 is 2.00 bits per heavy atom. The van der Waals surface area contributed by atoms with Crippen molar-refractivity contribution in [3.8, 4) is 6.07 Å². The SMILES string of the molecule is CC(C)Cc1nn(Cc2ccccc2)c(Cl)c1C#N. The fraction of sp³-hybridized carbons (Fsp3) is 0.333. The van der Waals surface area contributed by atoms with Crippen molar-refractivity contribution in [1.82, 2.24) is 9.78 Å². The summed E-state index contributed by atoms with van der Waals surface area (Å²) in [4.78, 5) is 0. The number of halogens is 1. The fourth-order valence-corrected chi connectivity index (χ4v) is 2.24. The molecule has 2 rings (SSSR count). The second-order valence-electron chi connectivity index (χ2n) is 4.97. The van der Waals surface area contributed by atoms with Crippen LogP contribution in [0.4, 0.5) is 0 Å². The molecule has 0 N–H and O–H groups in total. The third-order valence-electron chi connectivity index (χ3n) is 2.85. The van der Waals surface area contributed by atoms with E-state index in [0.29, 0.717) is 23.2 Å². The van der Waals surface area contributed by atoms with Gasteiger partial charge in [0.1, 0.15) is 16.8 Å². The van der Waals surface area contributed by atoms with Crippen LogP contribution >= 0.6 is 11.6 Å². The van der Waals surface area contributed by atoms with Gasteiger partial charge in [-0.25, -0.2) is 4.68 Å². The van der Waals surface area contributed by atoms with Crippen LogP contribution in [0, 0.1) is 17.2 Å². The first-order valence-corrected chi connectivity index (χ1v) is 6.68. The molecule has 0 saturated heterocycles. The Kier molecular flexibility index (Phi) is 4.24. The Bertz CT molecular complexity index is 594. The van der Waals surface area contributed by atoms with E-state index in [9.17, 15) is 5.26 Å². The Balaban J connectivity index is 2.32. The van der Waals surface area contributed by atoms with Crippen LogP contribution in [-0.2, 0) is 13.0 Å². The van der Waals surface area contributed by atoms with Gasteiger partial charge in [0.25, 0.3) is 0 Å². The predicted molar refractivity (Wildman–Crippen MR) is 76.0 cm³/mol. The molecule has 3 nitrogen and oxygen atoms in total. The molecule has 0 saturated carbocycles. The maximum Gasteiger partial charge on any atom is 0.145 e. The monoisotopic (exact) mass is 273 g/mol. The van der Waals surface area contributed by atoms with E-state index in [1.54, 1.807) is 4.68 Å². The quantitative estimate of drug-likeness (QED) is 0.853. The summed E-state index contributed by atoms with van der Waals surface area (Å²) in [7, 11) is 0. The van der Waals surface area contributed by atoms with E-state index < -0.39 is 0 Å². The third kappa shape index (κ3) is 3.15. The van der Waals surface area contributed by atoms with Crippen LogP contribution < -0.4 is 0 Å². The summed E-state index contributed by atoms with van der Waals surface area (Å²) < 4.78 is 1.70. The average molecular weight is 274 g/mol. The first kappa shape index (κ1) is 13.6. The zero-order valence-corrected chi connectivity index (χ0v) is 11.9. The van der Waals surface area contributed by atoms with Crippen molar-refractivity contribution in [2.45, 2.75) is 26.8 Å². The largest absolute Gasteiger partial charge is 0.248 e. The van der Waals surface area contributed by atoms with E-state index >= 15 is 0 Å². The molecule has 1 aromatic heterocycles. The Morgan fingerprint density at radius 3 is 2.58 bits per heavy atom. The molecule has 0 atom stereocenters. The van der Waals surface area contributed by atoms with Gasteiger partial charge < -0.3 is 0 Å². The Labute approximate surface area is 118 Å². The van der Waals surface area contributed by atoms with Gasteiger partial charge in [-0.3, -0.25) is 0 Å². The highest BCUT2D eigenvalue weighted by molar-refractivity contribution is 6.30. The minimum atomic E-state index is 0.432. The fourth-order valence-electron chi connectivity index (χ4n) is 1.99. The zero-order chi connectivity index (χ0) is 13.8. The lowest BCUT2D eigenvalue weighted by molar-refractivity contribution is 0.608. The van der Waals surface area contributed by atoms with Gasteiger partial charge in [0.15, 0.2) is 0 Å². The summed E-state index contributed by atoms with van der Waals surface area (Å²) in [5.41, 5.74) is 2.41. The molecule has 0 radical (unpaired) electrons. The van der Waals surface area contributed by atoms with E-state index in [4.69, 9.17) is 11.6 Å². The van der Waals surface area contributed by atoms with Gasteiger partial charge in [-0.2, -0.15) is 10.4 Å². The predicted octanol–water partition coefficient (Wildman–Crippen LogP) is 3.65. The highest BCUT2D eigenvalue weighted by Crippen LogP contribution is 2.22. The second kappa shape index (κ2) is 5.90. The van der Waals surface area contributed by atoms with Crippen LogP contribution in [0.2, 0.25) is 5.15 Å². The lowest BCUT2D eigenvalue weighted by Crippen LogP contribution is -2.03. The maximum atomic E-state index is 9.20. The van der Waals surface area contributed by atoms with Crippen LogP contribution in [0.15, 0.2) is 30.3 Å². The average Bonchev–Trinajstić information content (AvgIpc) is 2.66. The molecule has 19 heavy (non-hydrogen) atoms. The van der Waals surface area contributed by atoms with Gasteiger partial charge in [-0.1, -0.05) is 55.8 Å². The summed E-state index contributed by atoms with van der Waals surface area (Å²) >= 11 is 6.24. The smallest absolute Gasteiger partial charge is 0.145 e. The molecular formula is C15H16ClN3. The van der Waals surface area contributed by atoms with Gasteiger partial charge in [-0.05, 0) is 17.9 Å². The van der Waals surface area contributed by atoms with Crippen molar-refractivity contribution in [1.29, 1.82) is 5.26 Å². The molecule has 1 heterocycles. The van der Waals surface area contributed by atoms with E-state index in [-0.39, 0.29) is 0 Å². The molecule has 0 aliphatic carbocycles. The molecule has 0 fully saturated rings. The second-order valence-corrected chi connectivity index (χ2v) is 5.32. The van der Waals surface area contributed by atoms with Crippen molar-refractivity contribution < 1.29 is 0 Å². The molecule has 2 aromatic rings. The van der Waals surface area contributed by atoms with Gasteiger partial charge in [-0.15, -0.1) is 0 Å². The van der Waals surface area contributed by atoms with E-state index in [0.717, 1.165) is 17.7 Å². The number of nitrogens with zero attached hydrogens (tertiary/aromatic N) is 3. The number of aromatic nitrogens is 2. The number of benzene rings is 1. The molecule has 4 heteroatoms. The molecule has 1 aromatic carbocycles. The number of hydrogen-bond donors (Lipinski definition) is 0. The van der Waals surface area contributed by atoms with Gasteiger partial charge in [0.2, 0.25) is 0 Å². The molecule has 0 unspecified atom stereocenters. The molecule has 0 bridgehead atoms. The van der Waals surface area contributed by atoms with E-state index in [2.05, 4.69) is 25.0 Å². The minimum absolute atomic E-state index is 0.432. The summed E-state index contributed by atoms with van der Waals surface area (Å²) in [5.74, 6) is 0.447. The van der Waals surface area contributed by atoms with Crippen LogP contribution in [0.25, 0.3) is 0 Å². The lowest BCUT2D eigenvalue weighted by atomic mass is 10.1. The molecular weight excluding hydrogens is 258 g/mol. The highest BCUT2D eigenvalue weighted by Gasteiger charge is 2.17. The van der Waals surface area contributed by atoms with Crippen molar-refractivity contribution >= 4 is 11.6 Å². The van der Waals surface area contributed by atoms with E-state index in [1.165, 1.54) is 0 Å². The van der Waals surface area contributed by atoms with Gasteiger partial charge in [0.05, 0.1) is 12.2 Å². The van der Waals surface area contributed by atoms with Crippen molar-refractivity contribution in [3.05, 3.63) is 52.3 Å². The third-order valence-corrected chi connectivity index (χ3v) is 3.24. The summed E-state index contributed by atoms with van der Waals surface area (Å²) in [6, 6.07) is 12.1. The number of hydrogen-bond acceptors (Lipinski definition) is 2. The number of nitriles is 1. The lowest BCUT2D eigenvalue weighted by Gasteiger charge is -2.03. The molecule has 0 aliphatic heterocycles. The normalized spacial score (nSPS) is 10.7.